The van der Waals surface area contributed by atoms with Gasteiger partial charge in [-0.3, -0.25) is 14.6 Å². The maximum Gasteiger partial charge on any atom is 1.00 e. The molecule has 0 bridgehead atoms. The molecule has 3 aromatic carbocycles. The molecule has 0 fully saturated rings. The summed E-state index contributed by atoms with van der Waals surface area (Å²) in [5, 5.41) is 40.4. The minimum absolute atomic E-state index is 0. The van der Waals surface area contributed by atoms with Crippen molar-refractivity contribution in [3.63, 3.8) is 0 Å². The van der Waals surface area contributed by atoms with Crippen LogP contribution >= 0.6 is 0 Å². The van der Waals surface area contributed by atoms with Crippen LogP contribution in [0.1, 0.15) is 37.4 Å². The Kier molecular flexibility index (Phi) is 12.0. The van der Waals surface area contributed by atoms with E-state index in [0.29, 0.717) is 11.8 Å². The van der Waals surface area contributed by atoms with Crippen molar-refractivity contribution in [2.45, 2.75) is 18.4 Å². The summed E-state index contributed by atoms with van der Waals surface area (Å²) in [5.74, 6) is -2.13. The smallest absolute Gasteiger partial charge is 0.571 e. The predicted octanol–water partition coefficient (Wildman–Crippen LogP) is 3.77. The van der Waals surface area contributed by atoms with Gasteiger partial charge in [-0.25, -0.2) is 9.68 Å². The van der Waals surface area contributed by atoms with Gasteiger partial charge in [0, 0.05) is 11.1 Å². The molecule has 14 nitrogen and oxygen atoms in total. The van der Waals surface area contributed by atoms with Gasteiger partial charge >= 0.3 is 23.0 Å². The molecule has 210 valence electrons. The van der Waals surface area contributed by atoms with Crippen molar-refractivity contribution < 1.29 is 65.5 Å². The number of rotatable bonds is 9. The molecule has 0 saturated heterocycles. The molecule has 0 aliphatic carbocycles. The number of amidine groups is 1. The summed E-state index contributed by atoms with van der Waals surface area (Å²) in [6.07, 6.45) is 0.506. The van der Waals surface area contributed by atoms with Crippen molar-refractivity contribution in [1.82, 2.24) is 0 Å². The van der Waals surface area contributed by atoms with E-state index in [1.54, 1.807) is 0 Å². The zero-order valence-corrected chi connectivity index (χ0v) is 21.6. The minimum Gasteiger partial charge on any atom is -0.571 e. The third kappa shape index (κ3) is 8.23. The topological polar surface area (TPSA) is 241 Å². The van der Waals surface area contributed by atoms with E-state index in [1.807, 2.05) is 0 Å². The molecule has 3 aromatic rings. The number of carboxylic acids is 1. The first-order valence-electron chi connectivity index (χ1n) is 10.2. The van der Waals surface area contributed by atoms with Crippen LogP contribution in [0.25, 0.3) is 5.43 Å². The van der Waals surface area contributed by atoms with Crippen LogP contribution in [0.5, 0.6) is 5.75 Å². The zero-order chi connectivity index (χ0) is 27.2. The second kappa shape index (κ2) is 14.2. The van der Waals surface area contributed by atoms with Crippen molar-refractivity contribution in [3.05, 3.63) is 87.8 Å². The van der Waals surface area contributed by atoms with Gasteiger partial charge in [0.15, 0.2) is 12.1 Å². The Morgan fingerprint density at radius 2 is 1.77 bits per heavy atom. The molecule has 39 heavy (non-hydrogen) atoms. The second-order valence-electron chi connectivity index (χ2n) is 7.44. The first kappa shape index (κ1) is 33.0. The SMILES string of the molecule is Cc1cc(S(=O)(=O)O)cc([N-]N=C(N=Nc2cc(COO)ccc2C=O)c2ccccc2C(=O)O)c1O.O.[Cu+]. The summed E-state index contributed by atoms with van der Waals surface area (Å²) in [7, 11) is -4.64. The number of nitrogens with zero attached hydrogens (tertiary/aromatic N) is 4. The fourth-order valence-corrected chi connectivity index (χ4v) is 3.67. The fraction of sp³-hybridized carbons (Fsp3) is 0.0870. The van der Waals surface area contributed by atoms with Crippen molar-refractivity contribution in [2.24, 2.45) is 15.3 Å². The van der Waals surface area contributed by atoms with Gasteiger partial charge in [-0.1, -0.05) is 36.0 Å². The van der Waals surface area contributed by atoms with E-state index in [1.165, 1.54) is 49.4 Å². The Balaban J connectivity index is 0.00000380. The van der Waals surface area contributed by atoms with Crippen LogP contribution in [0.3, 0.4) is 0 Å². The number of carboxylic acid groups (broad SMARTS) is 1. The molecule has 0 aromatic heterocycles. The average Bonchev–Trinajstić information content (AvgIpc) is 2.86. The van der Waals surface area contributed by atoms with Gasteiger partial charge in [0.1, 0.15) is 12.4 Å². The van der Waals surface area contributed by atoms with Crippen LogP contribution in [0.15, 0.2) is 74.8 Å². The number of hydrogen-bond acceptors (Lipinski definition) is 9. The molecule has 0 aliphatic heterocycles. The number of benzene rings is 3. The number of carbonyl (C=O) groups is 2. The summed E-state index contributed by atoms with van der Waals surface area (Å²) < 4.78 is 32.5. The maximum absolute atomic E-state index is 11.8. The first-order chi connectivity index (χ1) is 17.5. The quantitative estimate of drug-likeness (QED) is 0.0403. The number of aromatic hydroxyl groups is 1. The third-order valence-corrected chi connectivity index (χ3v) is 5.74. The molecule has 0 saturated carbocycles. The number of aldehydes is 1. The number of azo groups is 1. The molecule has 0 heterocycles. The van der Waals surface area contributed by atoms with Gasteiger partial charge in [-0.15, -0.1) is 10.2 Å². The molecule has 3 rings (SSSR count). The normalized spacial score (nSPS) is 11.4. The Labute approximate surface area is 232 Å². The van der Waals surface area contributed by atoms with Crippen LogP contribution in [0.4, 0.5) is 11.4 Å². The van der Waals surface area contributed by atoms with E-state index in [0.717, 1.165) is 12.1 Å². The van der Waals surface area contributed by atoms with E-state index in [2.05, 4.69) is 25.6 Å². The van der Waals surface area contributed by atoms with E-state index in [9.17, 15) is 32.8 Å². The maximum atomic E-state index is 11.8. The molecule has 0 amide bonds. The van der Waals surface area contributed by atoms with Gasteiger partial charge < -0.3 is 26.2 Å². The van der Waals surface area contributed by atoms with Gasteiger partial charge in [-0.2, -0.15) is 8.42 Å². The molecular formula is C23H21CuN4O10S. The van der Waals surface area contributed by atoms with Crippen molar-refractivity contribution in [2.75, 3.05) is 0 Å². The summed E-state index contributed by atoms with van der Waals surface area (Å²) in [5.41, 5.74) is 3.86. The van der Waals surface area contributed by atoms with E-state index < -0.39 is 26.7 Å². The Bertz CT molecular complexity index is 1530. The Morgan fingerprint density at radius 1 is 1.10 bits per heavy atom. The van der Waals surface area contributed by atoms with Gasteiger partial charge in [-0.05, 0) is 42.3 Å². The number of aryl methyl sites for hydroxylation is 1. The van der Waals surface area contributed by atoms with E-state index in [4.69, 9.17) is 5.26 Å². The van der Waals surface area contributed by atoms with Gasteiger partial charge in [0.25, 0.3) is 10.1 Å². The number of aromatic carboxylic acids is 1. The van der Waals surface area contributed by atoms with Gasteiger partial charge in [0.05, 0.1) is 16.1 Å². The molecule has 0 aliphatic rings. The van der Waals surface area contributed by atoms with Crippen LogP contribution < -0.4 is 0 Å². The molecule has 0 spiro atoms. The molecule has 6 N–H and O–H groups in total. The van der Waals surface area contributed by atoms with E-state index >= 15 is 0 Å². The predicted molar refractivity (Wildman–Crippen MR) is 133 cm³/mol. The second-order valence-corrected chi connectivity index (χ2v) is 8.86. The molecule has 0 radical (unpaired) electrons. The first-order valence-corrected chi connectivity index (χ1v) is 11.7. The standard InChI is InChI=1S/C23H20N4O9S.Cu.H2O/c1-13-8-16(37(33,34)35)10-20(21(13)29)25-27-22(17-4-2-3-5-18(17)23(30)31)26-24-19-9-14(12-36-32)6-7-15(19)11-28;;/h2-11H,12H2,1H3,(H5,24,25,26,27,28,29,30,31,32,33,34,35);;1H2/q;+1;/p-1. The van der Waals surface area contributed by atoms with Crippen molar-refractivity contribution >= 4 is 39.6 Å². The van der Waals surface area contributed by atoms with Crippen LogP contribution in [0.2, 0.25) is 0 Å². The number of carbonyl (C=O) groups excluding carboxylic acids is 1. The van der Waals surface area contributed by atoms with Crippen molar-refractivity contribution in [3.8, 4) is 5.75 Å². The molecular weight excluding hydrogens is 588 g/mol. The van der Waals surface area contributed by atoms with E-state index in [-0.39, 0.29) is 68.6 Å². The zero-order valence-electron chi connectivity index (χ0n) is 19.8. The van der Waals surface area contributed by atoms with Crippen LogP contribution in [-0.2, 0) is 38.7 Å². The molecule has 0 unspecified atom stereocenters. The fourth-order valence-electron chi connectivity index (χ4n) is 3.09. The molecule has 0 atom stereocenters. The van der Waals surface area contributed by atoms with Crippen molar-refractivity contribution in [1.29, 1.82) is 0 Å². The minimum atomic E-state index is -4.64. The summed E-state index contributed by atoms with van der Waals surface area (Å²) >= 11 is 0. The third-order valence-electron chi connectivity index (χ3n) is 4.91. The Hall–Kier alpha value is -4.02. The van der Waals surface area contributed by atoms with Gasteiger partial charge in [0.2, 0.25) is 0 Å². The van der Waals surface area contributed by atoms with Crippen LogP contribution in [-0.4, -0.2) is 52.0 Å². The number of phenolic OH excluding ortho intramolecular Hbond substituents is 1. The Morgan fingerprint density at radius 3 is 2.36 bits per heavy atom. The number of hydrogen-bond donors (Lipinski definition) is 4. The summed E-state index contributed by atoms with van der Waals surface area (Å²) in [6, 6.07) is 11.8. The largest absolute Gasteiger partial charge is 1.00 e. The monoisotopic (exact) mass is 608 g/mol. The summed E-state index contributed by atoms with van der Waals surface area (Å²) in [6.45, 7) is 1.17. The average molecular weight is 609 g/mol. The molecule has 16 heteroatoms. The number of phenols is 1. The van der Waals surface area contributed by atoms with Crippen LogP contribution in [0, 0.1) is 6.92 Å². The summed E-state index contributed by atoms with van der Waals surface area (Å²) in [4.78, 5) is 26.7.